The third-order valence-corrected chi connectivity index (χ3v) is 4.56. The smallest absolute Gasteiger partial charge is 0.196 e. The van der Waals surface area contributed by atoms with Gasteiger partial charge >= 0.3 is 0 Å². The number of carbonyl (C=O) groups excluding carboxylic acids is 1. The molecule has 0 spiro atoms. The summed E-state index contributed by atoms with van der Waals surface area (Å²) in [4.78, 5) is 23.5. The Kier molecular flexibility index (Phi) is 2.90. The molecule has 0 amide bonds. The number of Topliss-reactive ketones (excluding diaryl/α,β-unsaturated/α-hetero) is 1. The highest BCUT2D eigenvalue weighted by molar-refractivity contribution is 6.06. The van der Waals surface area contributed by atoms with E-state index in [1.54, 1.807) is 6.33 Å². The Labute approximate surface area is 128 Å². The Balaban J connectivity index is 1.73. The molecule has 0 saturated heterocycles. The van der Waals surface area contributed by atoms with Gasteiger partial charge in [0.25, 0.3) is 0 Å². The van der Waals surface area contributed by atoms with Crippen molar-refractivity contribution in [1.82, 2.24) is 20.3 Å². The molecule has 0 bridgehead atoms. The zero-order valence-electron chi connectivity index (χ0n) is 12.7. The van der Waals surface area contributed by atoms with Crippen LogP contribution in [-0.4, -0.2) is 26.8 Å². The molecule has 5 heteroatoms. The van der Waals surface area contributed by atoms with Crippen molar-refractivity contribution in [3.05, 3.63) is 52.7 Å². The predicted octanol–water partition coefficient (Wildman–Crippen LogP) is 2.41. The van der Waals surface area contributed by atoms with Crippen molar-refractivity contribution in [2.24, 2.45) is 0 Å². The van der Waals surface area contributed by atoms with E-state index in [9.17, 15) is 4.79 Å². The predicted molar refractivity (Wildman–Crippen MR) is 85.0 cm³/mol. The highest BCUT2D eigenvalue weighted by atomic mass is 16.1. The summed E-state index contributed by atoms with van der Waals surface area (Å²) in [5, 5.41) is 4.55. The summed E-state index contributed by atoms with van der Waals surface area (Å²) >= 11 is 0. The lowest BCUT2D eigenvalue weighted by atomic mass is 9.95. The van der Waals surface area contributed by atoms with E-state index in [2.05, 4.69) is 33.3 Å². The second-order valence-corrected chi connectivity index (χ2v) is 5.95. The van der Waals surface area contributed by atoms with Gasteiger partial charge in [-0.3, -0.25) is 4.79 Å². The lowest BCUT2D eigenvalue weighted by Crippen LogP contribution is -2.42. The molecule has 3 N–H and O–H groups in total. The second-order valence-electron chi connectivity index (χ2n) is 5.95. The third-order valence-electron chi connectivity index (χ3n) is 4.56. The molecule has 1 aliphatic rings. The van der Waals surface area contributed by atoms with Gasteiger partial charge in [-0.1, -0.05) is 12.1 Å². The number of hydrogen-bond donors (Lipinski definition) is 3. The molecule has 4 rings (SSSR count). The second kappa shape index (κ2) is 4.81. The zero-order valence-corrected chi connectivity index (χ0v) is 12.7. The minimum Gasteiger partial charge on any atom is -0.352 e. The van der Waals surface area contributed by atoms with Crippen molar-refractivity contribution in [2.75, 3.05) is 0 Å². The lowest BCUT2D eigenvalue weighted by Gasteiger charge is -2.22. The van der Waals surface area contributed by atoms with Crippen LogP contribution in [0.3, 0.4) is 0 Å². The number of carbonyl (C=O) groups is 1. The largest absolute Gasteiger partial charge is 0.352 e. The molecule has 3 aromatic rings. The number of nitrogens with zero attached hydrogens (tertiary/aromatic N) is 1. The number of H-pyrrole nitrogens is 2. The van der Waals surface area contributed by atoms with E-state index in [1.165, 1.54) is 10.9 Å². The molecule has 112 valence electrons. The maximum absolute atomic E-state index is 12.8. The molecule has 1 aromatic carbocycles. The van der Waals surface area contributed by atoms with E-state index in [4.69, 9.17) is 0 Å². The number of aromatic nitrogens is 3. The number of aryl methyl sites for hydroxylation is 2. The van der Waals surface area contributed by atoms with Crippen LogP contribution in [0.25, 0.3) is 10.9 Å². The molecular formula is C17H18N4O. The molecule has 1 atom stereocenters. The summed E-state index contributed by atoms with van der Waals surface area (Å²) in [5.41, 5.74) is 6.05. The first-order valence-corrected chi connectivity index (χ1v) is 7.51. The van der Waals surface area contributed by atoms with E-state index in [-0.39, 0.29) is 11.8 Å². The normalized spacial score (nSPS) is 17.9. The number of nitrogens with one attached hydrogen (secondary N) is 3. The molecule has 22 heavy (non-hydrogen) atoms. The van der Waals surface area contributed by atoms with Crippen LogP contribution in [-0.2, 0) is 13.0 Å². The van der Waals surface area contributed by atoms with Crippen molar-refractivity contribution in [3.63, 3.8) is 0 Å². The van der Waals surface area contributed by atoms with Crippen LogP contribution in [0.4, 0.5) is 0 Å². The van der Waals surface area contributed by atoms with Gasteiger partial charge in [0.05, 0.1) is 23.8 Å². The van der Waals surface area contributed by atoms with Crippen LogP contribution in [0, 0.1) is 13.8 Å². The molecule has 1 unspecified atom stereocenters. The SMILES string of the molecule is Cc1[nH]cnc1CC1NCc2c([nH]c3cccc(C)c23)C1=O. The van der Waals surface area contributed by atoms with Gasteiger partial charge in [0.15, 0.2) is 5.78 Å². The topological polar surface area (TPSA) is 73.6 Å². The van der Waals surface area contributed by atoms with Crippen LogP contribution in [0.1, 0.15) is 33.0 Å². The monoisotopic (exact) mass is 294 g/mol. The number of aromatic amines is 2. The first-order valence-electron chi connectivity index (χ1n) is 7.51. The summed E-state index contributed by atoms with van der Waals surface area (Å²) < 4.78 is 0. The van der Waals surface area contributed by atoms with Gasteiger partial charge in [-0.05, 0) is 25.5 Å². The quantitative estimate of drug-likeness (QED) is 0.679. The lowest BCUT2D eigenvalue weighted by molar-refractivity contribution is 0.0925. The summed E-state index contributed by atoms with van der Waals surface area (Å²) in [5.74, 6) is 0.124. The van der Waals surface area contributed by atoms with Gasteiger partial charge in [0.1, 0.15) is 0 Å². The van der Waals surface area contributed by atoms with Gasteiger partial charge in [0.2, 0.25) is 0 Å². The first-order chi connectivity index (χ1) is 10.6. The standard InChI is InChI=1S/C17H18N4O/c1-9-4-3-5-12-15(9)11-7-18-14(17(22)16(11)21-12)6-13-10(2)19-8-20-13/h3-5,8,14,18,21H,6-7H2,1-2H3,(H,19,20). The van der Waals surface area contributed by atoms with E-state index in [0.29, 0.717) is 13.0 Å². The van der Waals surface area contributed by atoms with Crippen molar-refractivity contribution < 1.29 is 4.79 Å². The maximum Gasteiger partial charge on any atom is 0.196 e. The molecule has 0 fully saturated rings. The molecular weight excluding hydrogens is 276 g/mol. The number of benzene rings is 1. The number of fused-ring (bicyclic) bond motifs is 3. The van der Waals surface area contributed by atoms with Crippen LogP contribution < -0.4 is 5.32 Å². The van der Waals surface area contributed by atoms with Crippen molar-refractivity contribution >= 4 is 16.7 Å². The summed E-state index contributed by atoms with van der Waals surface area (Å²) in [6, 6.07) is 5.91. The molecule has 0 aliphatic carbocycles. The number of imidazole rings is 1. The van der Waals surface area contributed by atoms with Crippen LogP contribution in [0.2, 0.25) is 0 Å². The average molecular weight is 294 g/mol. The van der Waals surface area contributed by atoms with Crippen molar-refractivity contribution in [3.8, 4) is 0 Å². The molecule has 2 aromatic heterocycles. The number of rotatable bonds is 2. The highest BCUT2D eigenvalue weighted by Crippen LogP contribution is 2.29. The molecule has 1 aliphatic heterocycles. The van der Waals surface area contributed by atoms with Crippen molar-refractivity contribution in [2.45, 2.75) is 32.9 Å². The summed E-state index contributed by atoms with van der Waals surface area (Å²) in [6.07, 6.45) is 2.29. The fourth-order valence-electron chi connectivity index (χ4n) is 3.34. The van der Waals surface area contributed by atoms with Gasteiger partial charge < -0.3 is 15.3 Å². The minimum absolute atomic E-state index is 0.124. The van der Waals surface area contributed by atoms with Crippen LogP contribution in [0.5, 0.6) is 0 Å². The number of hydrogen-bond acceptors (Lipinski definition) is 3. The van der Waals surface area contributed by atoms with E-state index < -0.39 is 0 Å². The third kappa shape index (κ3) is 1.89. The maximum atomic E-state index is 12.8. The summed E-state index contributed by atoms with van der Waals surface area (Å²) in [6.45, 7) is 4.77. The Bertz CT molecular complexity index is 874. The first kappa shape index (κ1) is 13.3. The van der Waals surface area contributed by atoms with Gasteiger partial charge in [-0.25, -0.2) is 4.98 Å². The van der Waals surface area contributed by atoms with Crippen LogP contribution in [0.15, 0.2) is 24.5 Å². The zero-order chi connectivity index (χ0) is 15.3. The molecule has 3 heterocycles. The van der Waals surface area contributed by atoms with Gasteiger partial charge in [-0.2, -0.15) is 0 Å². The van der Waals surface area contributed by atoms with E-state index in [1.807, 2.05) is 19.1 Å². The minimum atomic E-state index is -0.220. The highest BCUT2D eigenvalue weighted by Gasteiger charge is 2.31. The molecule has 0 radical (unpaired) electrons. The fraction of sp³-hybridized carbons (Fsp3) is 0.294. The Hall–Kier alpha value is -2.40. The molecule has 5 nitrogen and oxygen atoms in total. The fourth-order valence-corrected chi connectivity index (χ4v) is 3.34. The summed E-state index contributed by atoms with van der Waals surface area (Å²) in [7, 11) is 0. The van der Waals surface area contributed by atoms with Crippen molar-refractivity contribution in [1.29, 1.82) is 0 Å². The average Bonchev–Trinajstić information content (AvgIpc) is 3.07. The van der Waals surface area contributed by atoms with Crippen LogP contribution >= 0.6 is 0 Å². The Morgan fingerprint density at radius 1 is 1.32 bits per heavy atom. The molecule has 0 saturated carbocycles. The van der Waals surface area contributed by atoms with E-state index in [0.717, 1.165) is 28.2 Å². The Morgan fingerprint density at radius 3 is 2.95 bits per heavy atom. The Morgan fingerprint density at radius 2 is 2.18 bits per heavy atom. The van der Waals surface area contributed by atoms with Gasteiger partial charge in [0, 0.05) is 35.1 Å². The number of ketones is 1. The van der Waals surface area contributed by atoms with Gasteiger partial charge in [-0.15, -0.1) is 0 Å². The van der Waals surface area contributed by atoms with E-state index >= 15 is 0 Å².